The molecule has 2 heterocycles. The number of carbonyl (C=O) groups is 1. The zero-order valence-electron chi connectivity index (χ0n) is 14.9. The Kier molecular flexibility index (Phi) is 4.15. The predicted molar refractivity (Wildman–Crippen MR) is 97.2 cm³/mol. The molecule has 1 aliphatic heterocycles. The summed E-state index contributed by atoms with van der Waals surface area (Å²) in [6, 6.07) is 11.2. The standard InChI is InChI=1S/C20H22N4O2/c1-14(18(25)24-11-9-20(7-8-20)10-12-24)22-19-23-16(13-21)17(26-19)15-5-3-2-4-6-15/h2-6,14H,7-12H2,1H3,(H,22,23)/t14-/m1/s1. The van der Waals surface area contributed by atoms with Gasteiger partial charge in [-0.05, 0) is 38.0 Å². The van der Waals surface area contributed by atoms with Crippen LogP contribution in [-0.4, -0.2) is 34.9 Å². The fraction of sp³-hybridized carbons (Fsp3) is 0.450. The van der Waals surface area contributed by atoms with Crippen molar-refractivity contribution in [1.29, 1.82) is 5.26 Å². The molecule has 1 spiro atoms. The number of nitrogens with zero attached hydrogens (tertiary/aromatic N) is 3. The third kappa shape index (κ3) is 3.17. The summed E-state index contributed by atoms with van der Waals surface area (Å²) < 4.78 is 5.73. The maximum absolute atomic E-state index is 12.7. The molecule has 6 nitrogen and oxygen atoms in total. The summed E-state index contributed by atoms with van der Waals surface area (Å²) >= 11 is 0. The number of carbonyl (C=O) groups excluding carboxylic acids is 1. The quantitative estimate of drug-likeness (QED) is 0.914. The highest BCUT2D eigenvalue weighted by atomic mass is 16.4. The SMILES string of the molecule is C[C@@H](Nc1nc(C#N)c(-c2ccccc2)o1)C(=O)N1CCC2(CC1)CC2. The number of rotatable bonds is 4. The first kappa shape index (κ1) is 16.6. The number of aromatic nitrogens is 1. The van der Waals surface area contributed by atoms with Crippen LogP contribution in [0.1, 0.15) is 38.3 Å². The Balaban J connectivity index is 1.44. The number of amides is 1. The molecule has 1 aromatic carbocycles. The van der Waals surface area contributed by atoms with E-state index in [9.17, 15) is 10.1 Å². The van der Waals surface area contributed by atoms with Crippen molar-refractivity contribution in [3.63, 3.8) is 0 Å². The Hall–Kier alpha value is -2.81. The fourth-order valence-corrected chi connectivity index (χ4v) is 3.64. The lowest BCUT2D eigenvalue weighted by Gasteiger charge is -2.33. The van der Waals surface area contributed by atoms with Crippen molar-refractivity contribution in [1.82, 2.24) is 9.88 Å². The molecule has 6 heteroatoms. The number of anilines is 1. The number of oxazole rings is 1. The molecule has 1 N–H and O–H groups in total. The van der Waals surface area contributed by atoms with Gasteiger partial charge in [-0.15, -0.1) is 0 Å². The van der Waals surface area contributed by atoms with Gasteiger partial charge < -0.3 is 14.6 Å². The van der Waals surface area contributed by atoms with Gasteiger partial charge in [0, 0.05) is 18.7 Å². The van der Waals surface area contributed by atoms with E-state index in [1.807, 2.05) is 42.2 Å². The van der Waals surface area contributed by atoms with Crippen LogP contribution in [0, 0.1) is 16.7 Å². The van der Waals surface area contributed by atoms with E-state index in [1.165, 1.54) is 12.8 Å². The van der Waals surface area contributed by atoms with Gasteiger partial charge >= 0.3 is 0 Å². The third-order valence-electron chi connectivity index (χ3n) is 5.57. The van der Waals surface area contributed by atoms with Crippen LogP contribution in [0.5, 0.6) is 0 Å². The van der Waals surface area contributed by atoms with E-state index in [4.69, 9.17) is 4.42 Å². The van der Waals surface area contributed by atoms with Crippen molar-refractivity contribution in [2.24, 2.45) is 5.41 Å². The van der Waals surface area contributed by atoms with Crippen molar-refractivity contribution in [2.45, 2.75) is 38.6 Å². The number of nitrogens with one attached hydrogen (secondary N) is 1. The Bertz CT molecular complexity index is 838. The van der Waals surface area contributed by atoms with Crippen molar-refractivity contribution >= 4 is 11.9 Å². The number of hydrogen-bond donors (Lipinski definition) is 1. The van der Waals surface area contributed by atoms with Crippen LogP contribution in [0.2, 0.25) is 0 Å². The molecule has 0 unspecified atom stereocenters. The van der Waals surface area contributed by atoms with E-state index in [1.54, 1.807) is 0 Å². The van der Waals surface area contributed by atoms with Gasteiger partial charge in [-0.25, -0.2) is 0 Å². The van der Waals surface area contributed by atoms with Gasteiger partial charge in [0.15, 0.2) is 11.5 Å². The van der Waals surface area contributed by atoms with E-state index >= 15 is 0 Å². The Morgan fingerprint density at radius 2 is 1.96 bits per heavy atom. The summed E-state index contributed by atoms with van der Waals surface area (Å²) in [5.41, 5.74) is 1.55. The Morgan fingerprint density at radius 3 is 2.58 bits per heavy atom. The highest BCUT2D eigenvalue weighted by molar-refractivity contribution is 5.84. The molecule has 1 saturated carbocycles. The molecule has 2 fully saturated rings. The first-order valence-corrected chi connectivity index (χ1v) is 9.12. The Labute approximate surface area is 152 Å². The minimum atomic E-state index is -0.447. The summed E-state index contributed by atoms with van der Waals surface area (Å²) in [6.45, 7) is 3.46. The molecule has 134 valence electrons. The van der Waals surface area contributed by atoms with E-state index in [2.05, 4.69) is 16.4 Å². The first-order chi connectivity index (χ1) is 12.6. The van der Waals surface area contributed by atoms with Crippen LogP contribution in [0.15, 0.2) is 34.7 Å². The summed E-state index contributed by atoms with van der Waals surface area (Å²) in [7, 11) is 0. The summed E-state index contributed by atoms with van der Waals surface area (Å²) in [4.78, 5) is 18.8. The van der Waals surface area contributed by atoms with Crippen molar-refractivity contribution in [3.05, 3.63) is 36.0 Å². The van der Waals surface area contributed by atoms with Crippen LogP contribution < -0.4 is 5.32 Å². The normalized spacial score (nSPS) is 19.0. The summed E-state index contributed by atoms with van der Waals surface area (Å²) in [6.07, 6.45) is 4.86. The predicted octanol–water partition coefficient (Wildman–Crippen LogP) is 3.42. The van der Waals surface area contributed by atoms with Crippen molar-refractivity contribution in [2.75, 3.05) is 18.4 Å². The average molecular weight is 350 g/mol. The number of benzene rings is 1. The maximum atomic E-state index is 12.7. The monoisotopic (exact) mass is 350 g/mol. The highest BCUT2D eigenvalue weighted by Gasteiger charge is 2.45. The van der Waals surface area contributed by atoms with Crippen LogP contribution in [-0.2, 0) is 4.79 Å². The van der Waals surface area contributed by atoms with Gasteiger partial charge in [-0.3, -0.25) is 4.79 Å². The van der Waals surface area contributed by atoms with Crippen LogP contribution >= 0.6 is 0 Å². The largest absolute Gasteiger partial charge is 0.422 e. The summed E-state index contributed by atoms with van der Waals surface area (Å²) in [5.74, 6) is 0.474. The first-order valence-electron chi connectivity index (χ1n) is 9.12. The molecule has 2 aliphatic rings. The lowest BCUT2D eigenvalue weighted by Crippen LogP contribution is -2.45. The molecule has 4 rings (SSSR count). The minimum Gasteiger partial charge on any atom is -0.422 e. The van der Waals surface area contributed by atoms with Gasteiger partial charge in [0.05, 0.1) is 0 Å². The van der Waals surface area contributed by atoms with Crippen LogP contribution in [0.3, 0.4) is 0 Å². The molecule has 1 saturated heterocycles. The van der Waals surface area contributed by atoms with E-state index in [0.29, 0.717) is 11.2 Å². The number of piperidine rings is 1. The fourth-order valence-electron chi connectivity index (χ4n) is 3.64. The number of likely N-dealkylation sites (tertiary alicyclic amines) is 1. The smallest absolute Gasteiger partial charge is 0.297 e. The zero-order chi connectivity index (χ0) is 18.1. The third-order valence-corrected chi connectivity index (χ3v) is 5.57. The zero-order valence-corrected chi connectivity index (χ0v) is 14.9. The molecule has 1 aliphatic carbocycles. The molecule has 1 amide bonds. The average Bonchev–Trinajstić information content (AvgIpc) is 3.30. The lowest BCUT2D eigenvalue weighted by atomic mass is 9.93. The summed E-state index contributed by atoms with van der Waals surface area (Å²) in [5, 5.41) is 12.3. The van der Waals surface area contributed by atoms with E-state index in [0.717, 1.165) is 31.5 Å². The van der Waals surface area contributed by atoms with Gasteiger partial charge in [-0.1, -0.05) is 30.3 Å². The van der Waals surface area contributed by atoms with Crippen LogP contribution in [0.4, 0.5) is 6.01 Å². The second-order valence-electron chi connectivity index (χ2n) is 7.37. The van der Waals surface area contributed by atoms with Crippen molar-refractivity contribution in [3.8, 4) is 17.4 Å². The molecule has 26 heavy (non-hydrogen) atoms. The van der Waals surface area contributed by atoms with Gasteiger partial charge in [-0.2, -0.15) is 10.2 Å². The second kappa shape index (κ2) is 6.49. The lowest BCUT2D eigenvalue weighted by molar-refractivity contribution is -0.133. The van der Waals surface area contributed by atoms with Gasteiger partial charge in [0.2, 0.25) is 5.91 Å². The topological polar surface area (TPSA) is 82.2 Å². The maximum Gasteiger partial charge on any atom is 0.297 e. The molecule has 0 radical (unpaired) electrons. The molecule has 2 aromatic rings. The molecule has 1 aromatic heterocycles. The van der Waals surface area contributed by atoms with Gasteiger partial charge in [0.1, 0.15) is 12.1 Å². The number of nitriles is 1. The molecular weight excluding hydrogens is 328 g/mol. The number of hydrogen-bond acceptors (Lipinski definition) is 5. The molecular formula is C20H22N4O2. The molecule has 0 bridgehead atoms. The highest BCUT2D eigenvalue weighted by Crippen LogP contribution is 2.53. The van der Waals surface area contributed by atoms with Gasteiger partial charge in [0.25, 0.3) is 6.01 Å². The van der Waals surface area contributed by atoms with Crippen molar-refractivity contribution < 1.29 is 9.21 Å². The van der Waals surface area contributed by atoms with E-state index < -0.39 is 6.04 Å². The molecule has 1 atom stereocenters. The second-order valence-corrected chi connectivity index (χ2v) is 7.37. The minimum absolute atomic E-state index is 0.0541. The van der Waals surface area contributed by atoms with Crippen LogP contribution in [0.25, 0.3) is 11.3 Å². The van der Waals surface area contributed by atoms with E-state index in [-0.39, 0.29) is 17.6 Å². The Morgan fingerprint density at radius 1 is 1.27 bits per heavy atom.